The Kier molecular flexibility index (Phi) is 6.72. The number of benzene rings is 3. The number of hydrogen-bond donors (Lipinski definition) is 1. The van der Waals surface area contributed by atoms with Crippen molar-refractivity contribution in [3.8, 4) is 11.5 Å². The molecule has 146 valence electrons. The number of nitrogens with two attached hydrogens (primary N) is 1. The summed E-state index contributed by atoms with van der Waals surface area (Å²) in [4.78, 5) is 0. The van der Waals surface area contributed by atoms with Crippen molar-refractivity contribution >= 4 is 0 Å². The van der Waals surface area contributed by atoms with Crippen LogP contribution in [0.2, 0.25) is 0 Å². The highest BCUT2D eigenvalue weighted by molar-refractivity contribution is 5.40. The van der Waals surface area contributed by atoms with Crippen LogP contribution in [-0.2, 0) is 11.8 Å². The second-order valence-corrected chi connectivity index (χ2v) is 7.36. The van der Waals surface area contributed by atoms with Crippen LogP contribution in [-0.4, -0.2) is 19.8 Å². The van der Waals surface area contributed by atoms with Crippen LogP contribution >= 0.6 is 0 Å². The van der Waals surface area contributed by atoms with Crippen molar-refractivity contribution in [2.75, 3.05) is 19.8 Å². The maximum Gasteiger partial charge on any atom is 0.122 e. The summed E-state index contributed by atoms with van der Waals surface area (Å²) in [6.45, 7) is 6.09. The molecule has 3 rings (SSSR count). The molecule has 3 aromatic rings. The van der Waals surface area contributed by atoms with Crippen molar-refractivity contribution in [2.45, 2.75) is 25.7 Å². The first-order valence-electron chi connectivity index (χ1n) is 9.81. The molecule has 0 fully saturated rings. The highest BCUT2D eigenvalue weighted by Crippen LogP contribution is 2.32. The lowest BCUT2D eigenvalue weighted by atomic mass is 9.78. The maximum absolute atomic E-state index is 5.87. The van der Waals surface area contributed by atoms with Crippen molar-refractivity contribution in [3.05, 3.63) is 95.6 Å². The van der Waals surface area contributed by atoms with Crippen LogP contribution in [0.5, 0.6) is 11.5 Å². The fourth-order valence-corrected chi connectivity index (χ4v) is 3.31. The Balaban J connectivity index is 1.54. The van der Waals surface area contributed by atoms with Gasteiger partial charge < -0.3 is 15.2 Å². The molecule has 0 saturated carbocycles. The lowest BCUT2D eigenvalue weighted by molar-refractivity contribution is 0.216. The minimum Gasteiger partial charge on any atom is -0.490 e. The Labute approximate surface area is 168 Å². The van der Waals surface area contributed by atoms with Crippen molar-refractivity contribution < 1.29 is 9.47 Å². The molecule has 0 aromatic heterocycles. The molecule has 3 heteroatoms. The quantitative estimate of drug-likeness (QED) is 0.537. The van der Waals surface area contributed by atoms with E-state index in [0.717, 1.165) is 23.5 Å². The maximum atomic E-state index is 5.87. The van der Waals surface area contributed by atoms with Crippen molar-refractivity contribution in [2.24, 2.45) is 5.73 Å². The van der Waals surface area contributed by atoms with Crippen LogP contribution in [0.25, 0.3) is 0 Å². The van der Waals surface area contributed by atoms with Gasteiger partial charge in [0.2, 0.25) is 0 Å². The lowest BCUT2D eigenvalue weighted by Gasteiger charge is -2.26. The molecule has 0 atom stereocenters. The molecular weight excluding hydrogens is 346 g/mol. The Hall–Kier alpha value is -2.78. The van der Waals surface area contributed by atoms with Crippen LogP contribution in [0.1, 0.15) is 30.5 Å². The summed E-state index contributed by atoms with van der Waals surface area (Å²) >= 11 is 0. The topological polar surface area (TPSA) is 44.5 Å². The fraction of sp³-hybridized carbons (Fsp3) is 0.280. The summed E-state index contributed by atoms with van der Waals surface area (Å²) < 4.78 is 11.7. The Bertz CT molecular complexity index is 857. The molecule has 3 aromatic carbocycles. The zero-order valence-corrected chi connectivity index (χ0v) is 16.7. The van der Waals surface area contributed by atoms with Gasteiger partial charge in [0.1, 0.15) is 24.7 Å². The van der Waals surface area contributed by atoms with Gasteiger partial charge in [-0.05, 0) is 47.9 Å². The first kappa shape index (κ1) is 20.0. The van der Waals surface area contributed by atoms with E-state index in [2.05, 4.69) is 56.3 Å². The minimum absolute atomic E-state index is 0.0460. The van der Waals surface area contributed by atoms with E-state index >= 15 is 0 Å². The largest absolute Gasteiger partial charge is 0.490 e. The molecule has 28 heavy (non-hydrogen) atoms. The first-order valence-corrected chi connectivity index (χ1v) is 9.81. The van der Waals surface area contributed by atoms with E-state index in [4.69, 9.17) is 15.2 Å². The van der Waals surface area contributed by atoms with Crippen molar-refractivity contribution in [3.63, 3.8) is 0 Å². The monoisotopic (exact) mass is 375 g/mol. The summed E-state index contributed by atoms with van der Waals surface area (Å²) in [5, 5.41) is 0. The second kappa shape index (κ2) is 9.43. The molecule has 0 saturated heterocycles. The third-order valence-electron chi connectivity index (χ3n) is 5.07. The molecule has 0 bridgehead atoms. The normalized spacial score (nSPS) is 11.2. The molecular formula is C25H29NO2. The highest BCUT2D eigenvalue weighted by Gasteiger charge is 2.22. The van der Waals surface area contributed by atoms with Gasteiger partial charge in [-0.1, -0.05) is 74.5 Å². The van der Waals surface area contributed by atoms with Crippen molar-refractivity contribution in [1.82, 2.24) is 0 Å². The van der Waals surface area contributed by atoms with Gasteiger partial charge in [0, 0.05) is 5.41 Å². The van der Waals surface area contributed by atoms with Crippen LogP contribution in [0.3, 0.4) is 0 Å². The summed E-state index contributed by atoms with van der Waals surface area (Å²) in [6, 6.07) is 26.9. The van der Waals surface area contributed by atoms with Crippen LogP contribution in [0.4, 0.5) is 0 Å². The number of ether oxygens (including phenoxy) is 2. The number of para-hydroxylation sites is 1. The Morgan fingerprint density at radius 3 is 2.04 bits per heavy atom. The molecule has 2 N–H and O–H groups in total. The fourth-order valence-electron chi connectivity index (χ4n) is 3.31. The summed E-state index contributed by atoms with van der Waals surface area (Å²) in [5.41, 5.74) is 9.31. The van der Waals surface area contributed by atoms with E-state index in [9.17, 15) is 0 Å². The summed E-state index contributed by atoms with van der Waals surface area (Å²) in [5.74, 6) is 1.74. The average Bonchev–Trinajstić information content (AvgIpc) is 2.73. The number of rotatable bonds is 9. The van der Waals surface area contributed by atoms with Crippen LogP contribution < -0.4 is 15.2 Å². The molecule has 0 unspecified atom stereocenters. The Morgan fingerprint density at radius 2 is 1.32 bits per heavy atom. The molecule has 0 aliphatic rings. The minimum atomic E-state index is -0.0460. The lowest BCUT2D eigenvalue weighted by Crippen LogP contribution is -2.18. The van der Waals surface area contributed by atoms with Gasteiger partial charge in [0.05, 0.1) is 0 Å². The average molecular weight is 376 g/mol. The first-order chi connectivity index (χ1) is 13.6. The van der Waals surface area contributed by atoms with Gasteiger partial charge in [-0.25, -0.2) is 0 Å². The predicted octanol–water partition coefficient (Wildman–Crippen LogP) is 4.97. The molecule has 0 aliphatic carbocycles. The Morgan fingerprint density at radius 1 is 0.714 bits per heavy atom. The van der Waals surface area contributed by atoms with Gasteiger partial charge in [0.15, 0.2) is 0 Å². The van der Waals surface area contributed by atoms with Crippen LogP contribution in [0.15, 0.2) is 78.9 Å². The molecule has 0 spiro atoms. The number of hydrogen-bond acceptors (Lipinski definition) is 3. The standard InChI is InChI=1S/C25H29NO2/c1-25(2,21-9-4-3-5-10-21)22-12-14-23(15-13-22)27-18-19-28-24-11-7-6-8-20(24)16-17-26/h3-15H,16-19,26H2,1-2H3. The second-order valence-electron chi connectivity index (χ2n) is 7.36. The highest BCUT2D eigenvalue weighted by atomic mass is 16.5. The zero-order valence-electron chi connectivity index (χ0n) is 16.7. The van der Waals surface area contributed by atoms with E-state index in [0.29, 0.717) is 19.8 Å². The molecule has 0 heterocycles. The SMILES string of the molecule is CC(C)(c1ccccc1)c1ccc(OCCOc2ccccc2CCN)cc1. The molecule has 0 amide bonds. The van der Waals surface area contributed by atoms with Gasteiger partial charge >= 0.3 is 0 Å². The third-order valence-corrected chi connectivity index (χ3v) is 5.07. The molecule has 0 aliphatic heterocycles. The third kappa shape index (κ3) is 4.93. The van der Waals surface area contributed by atoms with Crippen LogP contribution in [0, 0.1) is 0 Å². The van der Waals surface area contributed by atoms with E-state index in [1.165, 1.54) is 11.1 Å². The van der Waals surface area contributed by atoms with Crippen molar-refractivity contribution in [1.29, 1.82) is 0 Å². The summed E-state index contributed by atoms with van der Waals surface area (Å²) in [6.07, 6.45) is 0.815. The molecule has 3 nitrogen and oxygen atoms in total. The van der Waals surface area contributed by atoms with Gasteiger partial charge in [-0.15, -0.1) is 0 Å². The van der Waals surface area contributed by atoms with Gasteiger partial charge in [-0.2, -0.15) is 0 Å². The van der Waals surface area contributed by atoms with Gasteiger partial charge in [-0.3, -0.25) is 0 Å². The molecule has 0 radical (unpaired) electrons. The predicted molar refractivity (Wildman–Crippen MR) is 115 cm³/mol. The van der Waals surface area contributed by atoms with Gasteiger partial charge in [0.25, 0.3) is 0 Å². The summed E-state index contributed by atoms with van der Waals surface area (Å²) in [7, 11) is 0. The van der Waals surface area contributed by atoms with E-state index in [-0.39, 0.29) is 5.41 Å². The van der Waals surface area contributed by atoms with E-state index in [1.807, 2.05) is 36.4 Å². The van der Waals surface area contributed by atoms with E-state index in [1.54, 1.807) is 0 Å². The van der Waals surface area contributed by atoms with E-state index < -0.39 is 0 Å². The smallest absolute Gasteiger partial charge is 0.122 e. The zero-order chi connectivity index (χ0) is 19.8.